The second-order valence-electron chi connectivity index (χ2n) is 14.3. The summed E-state index contributed by atoms with van der Waals surface area (Å²) in [5.74, 6) is 0. The molecule has 254 valence electrons. The Bertz CT molecular complexity index is 2750. The van der Waals surface area contributed by atoms with Gasteiger partial charge < -0.3 is 0 Å². The van der Waals surface area contributed by atoms with Crippen molar-refractivity contribution in [3.05, 3.63) is 193 Å². The molecule has 0 unspecified atom stereocenters. The van der Waals surface area contributed by atoms with E-state index < -0.39 is 0 Å². The molecule has 0 atom stereocenters. The van der Waals surface area contributed by atoms with Crippen LogP contribution in [0.5, 0.6) is 0 Å². The van der Waals surface area contributed by atoms with Crippen molar-refractivity contribution in [2.45, 2.75) is 32.6 Å². The Morgan fingerprint density at radius 2 is 1.13 bits per heavy atom. The first-order chi connectivity index (χ1) is 26.2. The third kappa shape index (κ3) is 6.01. The fourth-order valence-electron chi connectivity index (χ4n) is 8.44. The van der Waals surface area contributed by atoms with Crippen LogP contribution < -0.4 is 0 Å². The average molecular weight is 679 g/mol. The van der Waals surface area contributed by atoms with Crippen LogP contribution in [0.25, 0.3) is 88.5 Å². The molecular weight excluding hydrogens is 637 g/mol. The Morgan fingerprint density at radius 1 is 0.509 bits per heavy atom. The Morgan fingerprint density at radius 3 is 1.89 bits per heavy atom. The summed E-state index contributed by atoms with van der Waals surface area (Å²) >= 11 is 0. The highest BCUT2D eigenvalue weighted by Crippen LogP contribution is 2.46. The largest absolute Gasteiger partial charge is 0.0985 e. The lowest BCUT2D eigenvalue weighted by atomic mass is 9.83. The van der Waals surface area contributed by atoms with E-state index in [1.807, 2.05) is 6.08 Å². The first kappa shape index (κ1) is 32.7. The van der Waals surface area contributed by atoms with Gasteiger partial charge in [0.05, 0.1) is 0 Å². The maximum absolute atomic E-state index is 4.14. The first-order valence-corrected chi connectivity index (χ1v) is 19.0. The highest BCUT2D eigenvalue weighted by Gasteiger charge is 2.19. The van der Waals surface area contributed by atoms with Crippen LogP contribution in [0.15, 0.2) is 176 Å². The van der Waals surface area contributed by atoms with E-state index in [9.17, 15) is 0 Å². The zero-order valence-electron chi connectivity index (χ0n) is 30.3. The number of rotatable bonds is 8. The molecule has 0 amide bonds. The van der Waals surface area contributed by atoms with E-state index in [0.717, 1.165) is 25.7 Å². The topological polar surface area (TPSA) is 0 Å². The molecule has 8 aromatic rings. The molecular formula is C53H42. The second kappa shape index (κ2) is 14.1. The fraction of sp³-hybridized carbons (Fsp3) is 0.0943. The summed E-state index contributed by atoms with van der Waals surface area (Å²) in [5, 5.41) is 7.59. The molecule has 0 nitrogen and oxygen atoms in total. The standard InChI is InChI=1S/C53H42/c1-3-15-37-28-29-41(32-36(37)4-2)40-20-12-22-44(33-40)52-48-25-10-11-26-49(48)53(51-35-42(30-31-50(51)52)38-16-6-5-7-17-38)45-23-13-21-43(34-45)47-27-14-19-39-18-8-9-24-46(39)47/h4,6,8-14,16-35H,2-3,5,7,15H2,1H3. The van der Waals surface area contributed by atoms with Gasteiger partial charge >= 0.3 is 0 Å². The smallest absolute Gasteiger partial charge is 0.00259 e. The van der Waals surface area contributed by atoms with Crippen molar-refractivity contribution in [3.63, 3.8) is 0 Å². The van der Waals surface area contributed by atoms with Gasteiger partial charge in [0.15, 0.2) is 0 Å². The van der Waals surface area contributed by atoms with E-state index in [2.05, 4.69) is 183 Å². The minimum absolute atomic E-state index is 1.06. The third-order valence-corrected chi connectivity index (χ3v) is 11.0. The summed E-state index contributed by atoms with van der Waals surface area (Å²) < 4.78 is 0. The SMILES string of the molecule is C=Cc1cc(-c2cccc(-c3c4ccccc4c(-c4cccc(-c5cccc6ccccc56)c4)c4cc(C5=CCCC=C5)ccc34)c2)ccc1CCC. The van der Waals surface area contributed by atoms with E-state index in [-0.39, 0.29) is 0 Å². The molecule has 53 heavy (non-hydrogen) atoms. The van der Waals surface area contributed by atoms with Gasteiger partial charge in [0, 0.05) is 0 Å². The van der Waals surface area contributed by atoms with Crippen molar-refractivity contribution < 1.29 is 0 Å². The quantitative estimate of drug-likeness (QED) is 0.140. The van der Waals surface area contributed by atoms with Gasteiger partial charge in [0.25, 0.3) is 0 Å². The number of fused-ring (bicyclic) bond motifs is 3. The van der Waals surface area contributed by atoms with Crippen LogP contribution in [0, 0.1) is 0 Å². The van der Waals surface area contributed by atoms with Crippen LogP contribution in [0.1, 0.15) is 42.9 Å². The van der Waals surface area contributed by atoms with Gasteiger partial charge in [0.2, 0.25) is 0 Å². The van der Waals surface area contributed by atoms with Gasteiger partial charge in [-0.1, -0.05) is 172 Å². The predicted octanol–water partition coefficient (Wildman–Crippen LogP) is 15.1. The number of hydrogen-bond donors (Lipinski definition) is 0. The van der Waals surface area contributed by atoms with Crippen molar-refractivity contribution in [1.29, 1.82) is 0 Å². The molecule has 0 heterocycles. The van der Waals surface area contributed by atoms with Crippen LogP contribution in [0.4, 0.5) is 0 Å². The number of benzene rings is 8. The van der Waals surface area contributed by atoms with Gasteiger partial charge in [-0.15, -0.1) is 0 Å². The van der Waals surface area contributed by atoms with Crippen LogP contribution in [-0.2, 0) is 6.42 Å². The predicted molar refractivity (Wildman–Crippen MR) is 231 cm³/mol. The molecule has 0 N–H and O–H groups in total. The lowest BCUT2D eigenvalue weighted by Crippen LogP contribution is -1.94. The Balaban J connectivity index is 1.29. The second-order valence-corrected chi connectivity index (χ2v) is 14.3. The molecule has 0 spiro atoms. The summed E-state index contributed by atoms with van der Waals surface area (Å²) in [4.78, 5) is 0. The lowest BCUT2D eigenvalue weighted by Gasteiger charge is -2.20. The van der Waals surface area contributed by atoms with E-state index in [1.165, 1.54) is 99.1 Å². The maximum atomic E-state index is 4.14. The normalized spacial score (nSPS) is 12.7. The Labute approximate surface area is 313 Å². The molecule has 0 aromatic heterocycles. The highest BCUT2D eigenvalue weighted by atomic mass is 14.2. The Kier molecular flexibility index (Phi) is 8.66. The van der Waals surface area contributed by atoms with E-state index in [4.69, 9.17) is 0 Å². The maximum Gasteiger partial charge on any atom is -0.00259 e. The van der Waals surface area contributed by atoms with Gasteiger partial charge in [-0.25, -0.2) is 0 Å². The molecule has 0 heteroatoms. The summed E-state index contributed by atoms with van der Waals surface area (Å²) in [7, 11) is 0. The molecule has 0 saturated carbocycles. The fourth-order valence-corrected chi connectivity index (χ4v) is 8.44. The molecule has 0 aliphatic heterocycles. The van der Waals surface area contributed by atoms with Crippen molar-refractivity contribution >= 4 is 44.0 Å². The summed E-state index contributed by atoms with van der Waals surface area (Å²) in [6.07, 6.45) is 13.3. The minimum atomic E-state index is 1.06. The van der Waals surface area contributed by atoms with Gasteiger partial charge in [0.1, 0.15) is 0 Å². The number of hydrogen-bond acceptors (Lipinski definition) is 0. The molecule has 9 rings (SSSR count). The van der Waals surface area contributed by atoms with Gasteiger partial charge in [-0.05, 0) is 143 Å². The van der Waals surface area contributed by atoms with Crippen molar-refractivity contribution in [2.75, 3.05) is 0 Å². The summed E-state index contributed by atoms with van der Waals surface area (Å²) in [5.41, 5.74) is 15.1. The molecule has 0 bridgehead atoms. The molecule has 1 aliphatic carbocycles. The highest BCUT2D eigenvalue weighted by molar-refractivity contribution is 6.22. The van der Waals surface area contributed by atoms with Crippen LogP contribution in [0.3, 0.4) is 0 Å². The minimum Gasteiger partial charge on any atom is -0.0985 e. The van der Waals surface area contributed by atoms with Crippen LogP contribution in [0.2, 0.25) is 0 Å². The molecule has 0 saturated heterocycles. The van der Waals surface area contributed by atoms with Gasteiger partial charge in [-0.2, -0.15) is 0 Å². The molecule has 8 aromatic carbocycles. The zero-order chi connectivity index (χ0) is 35.7. The van der Waals surface area contributed by atoms with E-state index in [0.29, 0.717) is 0 Å². The molecule has 0 fully saturated rings. The van der Waals surface area contributed by atoms with Crippen molar-refractivity contribution in [3.8, 4) is 44.5 Å². The number of allylic oxidation sites excluding steroid dienone is 4. The summed E-state index contributed by atoms with van der Waals surface area (Å²) in [6.45, 7) is 6.38. The average Bonchev–Trinajstić information content (AvgIpc) is 3.23. The molecule has 1 aliphatic rings. The van der Waals surface area contributed by atoms with Gasteiger partial charge in [-0.3, -0.25) is 0 Å². The van der Waals surface area contributed by atoms with Crippen LogP contribution >= 0.6 is 0 Å². The molecule has 0 radical (unpaired) electrons. The first-order valence-electron chi connectivity index (χ1n) is 19.0. The van der Waals surface area contributed by atoms with Crippen molar-refractivity contribution in [2.24, 2.45) is 0 Å². The third-order valence-electron chi connectivity index (χ3n) is 11.0. The lowest BCUT2D eigenvalue weighted by molar-refractivity contribution is 0.920. The monoisotopic (exact) mass is 678 g/mol. The van der Waals surface area contributed by atoms with E-state index >= 15 is 0 Å². The number of aryl methyl sites for hydroxylation is 1. The van der Waals surface area contributed by atoms with E-state index in [1.54, 1.807) is 0 Å². The summed E-state index contributed by atoms with van der Waals surface area (Å²) in [6, 6.07) is 56.6. The Hall–Kier alpha value is -6.24. The zero-order valence-corrected chi connectivity index (χ0v) is 30.3. The van der Waals surface area contributed by atoms with Crippen LogP contribution in [-0.4, -0.2) is 0 Å². The van der Waals surface area contributed by atoms with Crippen molar-refractivity contribution in [1.82, 2.24) is 0 Å².